The summed E-state index contributed by atoms with van der Waals surface area (Å²) in [7, 11) is 0. The van der Waals surface area contributed by atoms with Crippen molar-refractivity contribution in [3.63, 3.8) is 0 Å². The summed E-state index contributed by atoms with van der Waals surface area (Å²) in [6, 6.07) is 21.1. The van der Waals surface area contributed by atoms with E-state index in [9.17, 15) is 4.79 Å². The topological polar surface area (TPSA) is 57.1 Å². The molecule has 3 aromatic carbocycles. The van der Waals surface area contributed by atoms with Crippen molar-refractivity contribution in [2.75, 3.05) is 6.61 Å². The zero-order valence-corrected chi connectivity index (χ0v) is 20.4. The summed E-state index contributed by atoms with van der Waals surface area (Å²) in [4.78, 5) is 17.3. The van der Waals surface area contributed by atoms with E-state index in [4.69, 9.17) is 14.3 Å². The minimum atomic E-state index is -0.492. The number of hydrogen-bond donors (Lipinski definition) is 0. The molecule has 1 heterocycles. The predicted octanol–water partition coefficient (Wildman–Crippen LogP) is 6.53. The molecule has 32 heavy (non-hydrogen) atoms. The van der Waals surface area contributed by atoms with Gasteiger partial charge in [-0.2, -0.15) is 0 Å². The van der Waals surface area contributed by atoms with Gasteiger partial charge < -0.3 is 14.3 Å². The Balaban J connectivity index is 1.64. The van der Waals surface area contributed by atoms with E-state index in [0.717, 1.165) is 25.6 Å². The number of nitrogens with zero attached hydrogens (tertiary/aromatic N) is 1. The highest BCUT2D eigenvalue weighted by molar-refractivity contribution is 9.10. The maximum atomic E-state index is 12.3. The zero-order chi connectivity index (χ0) is 22.5. The average molecular weight is 557 g/mol. The SMILES string of the molecule is CCOc1cc(/C=C2\C(=O)ON=C2c2ccccc2)cc(Br)c1OCc1ccc(Br)cc1. The Kier molecular flexibility index (Phi) is 7.07. The zero-order valence-electron chi connectivity index (χ0n) is 17.2. The number of benzene rings is 3. The van der Waals surface area contributed by atoms with Crippen LogP contribution in [0.25, 0.3) is 6.08 Å². The van der Waals surface area contributed by atoms with Gasteiger partial charge in [-0.25, -0.2) is 4.79 Å². The average Bonchev–Trinajstić information content (AvgIpc) is 3.15. The molecule has 162 valence electrons. The fraction of sp³-hybridized carbons (Fsp3) is 0.120. The van der Waals surface area contributed by atoms with Crippen molar-refractivity contribution in [2.24, 2.45) is 5.16 Å². The second-order valence-corrected chi connectivity index (χ2v) is 8.69. The van der Waals surface area contributed by atoms with Gasteiger partial charge in [0.25, 0.3) is 0 Å². The van der Waals surface area contributed by atoms with E-state index in [2.05, 4.69) is 37.0 Å². The first-order chi connectivity index (χ1) is 15.5. The molecule has 0 atom stereocenters. The lowest BCUT2D eigenvalue weighted by Crippen LogP contribution is -2.07. The first kappa shape index (κ1) is 22.3. The van der Waals surface area contributed by atoms with Crippen LogP contribution in [0.2, 0.25) is 0 Å². The molecule has 0 radical (unpaired) electrons. The van der Waals surface area contributed by atoms with Crippen LogP contribution in [0.5, 0.6) is 11.5 Å². The van der Waals surface area contributed by atoms with Crippen LogP contribution in [-0.4, -0.2) is 18.3 Å². The third-order valence-corrected chi connectivity index (χ3v) is 5.80. The van der Waals surface area contributed by atoms with E-state index in [-0.39, 0.29) is 0 Å². The van der Waals surface area contributed by atoms with Gasteiger partial charge in [-0.05, 0) is 64.3 Å². The van der Waals surface area contributed by atoms with Crippen molar-refractivity contribution in [1.82, 2.24) is 0 Å². The van der Waals surface area contributed by atoms with Gasteiger partial charge in [0, 0.05) is 10.0 Å². The molecular weight excluding hydrogens is 538 g/mol. The number of oxime groups is 1. The van der Waals surface area contributed by atoms with Crippen molar-refractivity contribution in [3.8, 4) is 11.5 Å². The van der Waals surface area contributed by atoms with Crippen molar-refractivity contribution in [1.29, 1.82) is 0 Å². The van der Waals surface area contributed by atoms with Gasteiger partial charge >= 0.3 is 5.97 Å². The number of carbonyl (C=O) groups excluding carboxylic acids is 1. The van der Waals surface area contributed by atoms with Gasteiger partial charge in [-0.1, -0.05) is 63.6 Å². The normalized spacial score (nSPS) is 14.3. The lowest BCUT2D eigenvalue weighted by Gasteiger charge is -2.15. The molecule has 1 aliphatic rings. The van der Waals surface area contributed by atoms with E-state index in [1.165, 1.54) is 0 Å². The fourth-order valence-electron chi connectivity index (χ4n) is 3.19. The van der Waals surface area contributed by atoms with Gasteiger partial charge in [0.2, 0.25) is 0 Å². The van der Waals surface area contributed by atoms with Gasteiger partial charge in [0.15, 0.2) is 11.5 Å². The molecule has 0 saturated heterocycles. The van der Waals surface area contributed by atoms with E-state index < -0.39 is 5.97 Å². The smallest absolute Gasteiger partial charge is 0.368 e. The highest BCUT2D eigenvalue weighted by atomic mass is 79.9. The molecule has 0 amide bonds. The van der Waals surface area contributed by atoms with Gasteiger partial charge in [0.1, 0.15) is 12.3 Å². The van der Waals surface area contributed by atoms with Crippen LogP contribution in [0.1, 0.15) is 23.6 Å². The Morgan fingerprint density at radius 1 is 1.00 bits per heavy atom. The standard InChI is InChI=1S/C25H19Br2NO4/c1-2-30-22-14-17(12-20-23(28-32-25(20)29)18-6-4-3-5-7-18)13-21(27)24(22)31-15-16-8-10-19(26)11-9-16/h3-14H,2,15H2,1H3/b20-12-. The summed E-state index contributed by atoms with van der Waals surface area (Å²) in [5.74, 6) is 0.687. The van der Waals surface area contributed by atoms with Gasteiger partial charge in [-0.15, -0.1) is 0 Å². The molecule has 0 bridgehead atoms. The summed E-state index contributed by atoms with van der Waals surface area (Å²) >= 11 is 7.03. The van der Waals surface area contributed by atoms with Crippen molar-refractivity contribution in [2.45, 2.75) is 13.5 Å². The minimum absolute atomic E-state index is 0.383. The summed E-state index contributed by atoms with van der Waals surface area (Å²) in [6.45, 7) is 2.77. The molecule has 0 N–H and O–H groups in total. The van der Waals surface area contributed by atoms with E-state index in [0.29, 0.717) is 36.0 Å². The maximum absolute atomic E-state index is 12.3. The summed E-state index contributed by atoms with van der Waals surface area (Å²) in [5.41, 5.74) is 3.48. The first-order valence-corrected chi connectivity index (χ1v) is 11.5. The highest BCUT2D eigenvalue weighted by Gasteiger charge is 2.27. The molecule has 0 spiro atoms. The second kappa shape index (κ2) is 10.1. The highest BCUT2D eigenvalue weighted by Crippen LogP contribution is 2.38. The molecule has 0 aliphatic carbocycles. The first-order valence-electron chi connectivity index (χ1n) is 9.95. The van der Waals surface area contributed by atoms with Crippen LogP contribution >= 0.6 is 31.9 Å². The number of rotatable bonds is 7. The number of hydrogen-bond acceptors (Lipinski definition) is 5. The second-order valence-electron chi connectivity index (χ2n) is 6.92. The van der Waals surface area contributed by atoms with Gasteiger partial charge in [-0.3, -0.25) is 0 Å². The molecule has 7 heteroatoms. The Hall–Kier alpha value is -2.90. The van der Waals surface area contributed by atoms with Crippen LogP contribution in [0.3, 0.4) is 0 Å². The Morgan fingerprint density at radius 2 is 1.75 bits per heavy atom. The summed E-state index contributed by atoms with van der Waals surface area (Å²) in [6.07, 6.45) is 1.74. The molecule has 3 aromatic rings. The molecule has 0 unspecified atom stereocenters. The number of carbonyl (C=O) groups is 1. The molecule has 5 nitrogen and oxygen atoms in total. The number of halogens is 2. The van der Waals surface area contributed by atoms with E-state index >= 15 is 0 Å². The Labute approximate surface area is 202 Å². The molecule has 0 fully saturated rings. The van der Waals surface area contributed by atoms with Crippen molar-refractivity contribution in [3.05, 3.63) is 97.9 Å². The summed E-state index contributed by atoms with van der Waals surface area (Å²) < 4.78 is 13.6. The van der Waals surface area contributed by atoms with Crippen LogP contribution < -0.4 is 9.47 Å². The quantitative estimate of drug-likeness (QED) is 0.245. The monoisotopic (exact) mass is 555 g/mol. The third kappa shape index (κ3) is 5.11. The van der Waals surface area contributed by atoms with Gasteiger partial charge in [0.05, 0.1) is 16.7 Å². The van der Waals surface area contributed by atoms with Crippen molar-refractivity contribution >= 4 is 49.6 Å². The molecule has 0 saturated carbocycles. The van der Waals surface area contributed by atoms with E-state index in [1.54, 1.807) is 6.08 Å². The fourth-order valence-corrected chi connectivity index (χ4v) is 4.03. The van der Waals surface area contributed by atoms with Crippen molar-refractivity contribution < 1.29 is 19.1 Å². The van der Waals surface area contributed by atoms with E-state index in [1.807, 2.05) is 73.7 Å². The molecule has 0 aromatic heterocycles. The third-order valence-electron chi connectivity index (χ3n) is 4.68. The Morgan fingerprint density at radius 3 is 2.47 bits per heavy atom. The van der Waals surface area contributed by atoms with Crippen LogP contribution in [0, 0.1) is 0 Å². The Bertz CT molecular complexity index is 1190. The summed E-state index contributed by atoms with van der Waals surface area (Å²) in [5, 5.41) is 3.96. The molecular formula is C25H19Br2NO4. The largest absolute Gasteiger partial charge is 0.490 e. The number of ether oxygens (including phenoxy) is 2. The predicted molar refractivity (Wildman–Crippen MR) is 131 cm³/mol. The molecule has 1 aliphatic heterocycles. The lowest BCUT2D eigenvalue weighted by atomic mass is 10.0. The maximum Gasteiger partial charge on any atom is 0.368 e. The lowest BCUT2D eigenvalue weighted by molar-refractivity contribution is -0.136. The minimum Gasteiger partial charge on any atom is -0.490 e. The van der Waals surface area contributed by atoms with Crippen LogP contribution in [-0.2, 0) is 16.2 Å². The van der Waals surface area contributed by atoms with Crippen LogP contribution in [0.4, 0.5) is 0 Å². The molecule has 4 rings (SSSR count). The van der Waals surface area contributed by atoms with Crippen LogP contribution in [0.15, 0.2) is 86.4 Å².